The molecule has 0 aliphatic rings. The van der Waals surface area contributed by atoms with Crippen molar-refractivity contribution in [3.8, 4) is 6.07 Å². The van der Waals surface area contributed by atoms with E-state index in [1.54, 1.807) is 6.33 Å². The lowest BCUT2D eigenvalue weighted by molar-refractivity contribution is 1.08. The molecule has 2 rings (SSSR count). The van der Waals surface area contributed by atoms with Crippen LogP contribution in [0.4, 0.5) is 5.69 Å². The monoisotopic (exact) mass is 186 g/mol. The van der Waals surface area contributed by atoms with Gasteiger partial charge in [-0.15, -0.1) is 0 Å². The summed E-state index contributed by atoms with van der Waals surface area (Å²) in [7, 11) is 0. The molecule has 1 aromatic carbocycles. The maximum atomic E-state index is 8.38. The predicted octanol–water partition coefficient (Wildman–Crippen LogP) is 1.89. The summed E-state index contributed by atoms with van der Waals surface area (Å²) in [6.07, 6.45) is 2.19. The molecular weight excluding hydrogens is 176 g/mol. The Hall–Kier alpha value is -2.02. The number of H-pyrrole nitrogens is 1. The molecule has 1 aromatic heterocycles. The van der Waals surface area contributed by atoms with Gasteiger partial charge in [-0.3, -0.25) is 0 Å². The van der Waals surface area contributed by atoms with Gasteiger partial charge < -0.3 is 10.3 Å². The Kier molecular flexibility index (Phi) is 2.32. The van der Waals surface area contributed by atoms with Crippen LogP contribution in [0.1, 0.15) is 6.42 Å². The van der Waals surface area contributed by atoms with E-state index in [1.807, 2.05) is 18.2 Å². The van der Waals surface area contributed by atoms with Gasteiger partial charge in [-0.2, -0.15) is 5.26 Å². The van der Waals surface area contributed by atoms with E-state index in [2.05, 4.69) is 21.4 Å². The molecular formula is C10H10N4. The summed E-state index contributed by atoms with van der Waals surface area (Å²) in [6, 6.07) is 7.98. The first-order valence-corrected chi connectivity index (χ1v) is 4.44. The van der Waals surface area contributed by atoms with Crippen LogP contribution < -0.4 is 5.32 Å². The van der Waals surface area contributed by atoms with E-state index in [0.717, 1.165) is 16.7 Å². The van der Waals surface area contributed by atoms with Gasteiger partial charge in [0.05, 0.1) is 29.9 Å². The Morgan fingerprint density at radius 3 is 3.29 bits per heavy atom. The lowest BCUT2D eigenvalue weighted by Crippen LogP contribution is -1.99. The Morgan fingerprint density at radius 2 is 2.43 bits per heavy atom. The van der Waals surface area contributed by atoms with E-state index in [9.17, 15) is 0 Å². The first kappa shape index (κ1) is 8.57. The van der Waals surface area contributed by atoms with Crippen molar-refractivity contribution in [3.05, 3.63) is 24.5 Å². The van der Waals surface area contributed by atoms with Crippen LogP contribution in [0.3, 0.4) is 0 Å². The fourth-order valence-corrected chi connectivity index (χ4v) is 1.31. The molecule has 0 bridgehead atoms. The molecule has 4 nitrogen and oxygen atoms in total. The summed E-state index contributed by atoms with van der Waals surface area (Å²) in [5.74, 6) is 0. The average molecular weight is 186 g/mol. The van der Waals surface area contributed by atoms with Crippen LogP contribution in [0.5, 0.6) is 0 Å². The van der Waals surface area contributed by atoms with Crippen molar-refractivity contribution < 1.29 is 0 Å². The lowest BCUT2D eigenvalue weighted by Gasteiger charge is -2.02. The number of benzene rings is 1. The number of aromatic nitrogens is 2. The van der Waals surface area contributed by atoms with Gasteiger partial charge in [0.15, 0.2) is 0 Å². The molecule has 0 aliphatic carbocycles. The van der Waals surface area contributed by atoms with E-state index >= 15 is 0 Å². The number of hydrogen-bond donors (Lipinski definition) is 2. The number of rotatable bonds is 3. The van der Waals surface area contributed by atoms with Gasteiger partial charge >= 0.3 is 0 Å². The molecule has 0 radical (unpaired) electrons. The highest BCUT2D eigenvalue weighted by molar-refractivity contribution is 5.78. The number of nitrogens with one attached hydrogen (secondary N) is 2. The summed E-state index contributed by atoms with van der Waals surface area (Å²) in [4.78, 5) is 7.15. The predicted molar refractivity (Wildman–Crippen MR) is 54.8 cm³/mol. The average Bonchev–Trinajstić information content (AvgIpc) is 2.65. The Labute approximate surface area is 81.6 Å². The molecule has 0 saturated heterocycles. The second-order valence-electron chi connectivity index (χ2n) is 2.97. The molecule has 1 heterocycles. The first-order valence-electron chi connectivity index (χ1n) is 4.44. The minimum atomic E-state index is 0.515. The molecule has 0 amide bonds. The zero-order valence-corrected chi connectivity index (χ0v) is 7.62. The molecule has 0 aliphatic heterocycles. The van der Waals surface area contributed by atoms with Gasteiger partial charge in [-0.25, -0.2) is 4.98 Å². The van der Waals surface area contributed by atoms with Crippen molar-refractivity contribution in [1.29, 1.82) is 5.26 Å². The van der Waals surface area contributed by atoms with Crippen molar-refractivity contribution in [3.63, 3.8) is 0 Å². The number of nitriles is 1. The lowest BCUT2D eigenvalue weighted by atomic mass is 10.2. The van der Waals surface area contributed by atoms with Crippen LogP contribution in [0, 0.1) is 11.3 Å². The van der Waals surface area contributed by atoms with Gasteiger partial charge in [0.1, 0.15) is 0 Å². The van der Waals surface area contributed by atoms with E-state index in [0.29, 0.717) is 13.0 Å². The Balaban J connectivity index is 2.14. The molecule has 0 atom stereocenters. The smallest absolute Gasteiger partial charge is 0.0931 e. The van der Waals surface area contributed by atoms with Crippen molar-refractivity contribution in [2.75, 3.05) is 11.9 Å². The SMILES string of the molecule is N#CCCNc1ccc2nc[nH]c2c1. The van der Waals surface area contributed by atoms with Gasteiger partial charge in [0.25, 0.3) is 0 Å². The number of fused-ring (bicyclic) bond motifs is 1. The fourth-order valence-electron chi connectivity index (χ4n) is 1.31. The third-order valence-corrected chi connectivity index (χ3v) is 1.99. The minimum absolute atomic E-state index is 0.515. The summed E-state index contributed by atoms with van der Waals surface area (Å²) >= 11 is 0. The fraction of sp³-hybridized carbons (Fsp3) is 0.200. The number of hydrogen-bond acceptors (Lipinski definition) is 3. The third kappa shape index (κ3) is 1.67. The van der Waals surface area contributed by atoms with Crippen molar-refractivity contribution >= 4 is 16.7 Å². The van der Waals surface area contributed by atoms with Crippen molar-refractivity contribution in [2.24, 2.45) is 0 Å². The number of nitrogens with zero attached hydrogens (tertiary/aromatic N) is 2. The summed E-state index contributed by atoms with van der Waals surface area (Å²) in [5, 5.41) is 11.5. The second-order valence-corrected chi connectivity index (χ2v) is 2.97. The summed E-state index contributed by atoms with van der Waals surface area (Å²) in [5.41, 5.74) is 2.97. The highest BCUT2D eigenvalue weighted by Gasteiger charge is 1.96. The summed E-state index contributed by atoms with van der Waals surface area (Å²) < 4.78 is 0. The number of aromatic amines is 1. The highest BCUT2D eigenvalue weighted by atomic mass is 14.9. The Morgan fingerprint density at radius 1 is 1.50 bits per heavy atom. The normalized spacial score (nSPS) is 9.93. The van der Waals surface area contributed by atoms with E-state index in [4.69, 9.17) is 5.26 Å². The van der Waals surface area contributed by atoms with E-state index in [1.165, 1.54) is 0 Å². The van der Waals surface area contributed by atoms with Gasteiger partial charge in [-0.05, 0) is 18.2 Å². The van der Waals surface area contributed by atoms with Crippen LogP contribution in [0.2, 0.25) is 0 Å². The third-order valence-electron chi connectivity index (χ3n) is 1.99. The molecule has 14 heavy (non-hydrogen) atoms. The van der Waals surface area contributed by atoms with Gasteiger partial charge in [0, 0.05) is 12.2 Å². The molecule has 0 saturated carbocycles. The second kappa shape index (κ2) is 3.79. The quantitative estimate of drug-likeness (QED) is 0.719. The number of anilines is 1. The van der Waals surface area contributed by atoms with Crippen molar-refractivity contribution in [1.82, 2.24) is 9.97 Å². The van der Waals surface area contributed by atoms with Crippen LogP contribution in [0.25, 0.3) is 11.0 Å². The van der Waals surface area contributed by atoms with E-state index < -0.39 is 0 Å². The molecule has 0 fully saturated rings. The zero-order valence-electron chi connectivity index (χ0n) is 7.62. The molecule has 2 aromatic rings. The van der Waals surface area contributed by atoms with Gasteiger partial charge in [-0.1, -0.05) is 0 Å². The molecule has 2 N–H and O–H groups in total. The van der Waals surface area contributed by atoms with E-state index in [-0.39, 0.29) is 0 Å². The molecule has 4 heteroatoms. The topological polar surface area (TPSA) is 64.5 Å². The molecule has 0 spiro atoms. The Bertz CT molecular complexity index is 466. The molecule has 0 unspecified atom stereocenters. The minimum Gasteiger partial charge on any atom is -0.384 e. The van der Waals surface area contributed by atoms with Gasteiger partial charge in [0.2, 0.25) is 0 Å². The maximum absolute atomic E-state index is 8.38. The standard InChI is InChI=1S/C10H10N4/c11-4-1-5-12-8-2-3-9-10(6-8)14-7-13-9/h2-3,6-7,12H,1,5H2,(H,13,14). The van der Waals surface area contributed by atoms with Crippen molar-refractivity contribution in [2.45, 2.75) is 6.42 Å². The van der Waals surface area contributed by atoms with Crippen LogP contribution in [-0.2, 0) is 0 Å². The number of imidazole rings is 1. The highest BCUT2D eigenvalue weighted by Crippen LogP contribution is 2.15. The largest absolute Gasteiger partial charge is 0.384 e. The van der Waals surface area contributed by atoms with Crippen LogP contribution >= 0.6 is 0 Å². The first-order chi connectivity index (χ1) is 6.90. The summed E-state index contributed by atoms with van der Waals surface area (Å²) in [6.45, 7) is 0.677. The molecule has 70 valence electrons. The maximum Gasteiger partial charge on any atom is 0.0931 e. The zero-order chi connectivity index (χ0) is 9.80. The van der Waals surface area contributed by atoms with Crippen LogP contribution in [0.15, 0.2) is 24.5 Å². The van der Waals surface area contributed by atoms with Crippen LogP contribution in [-0.4, -0.2) is 16.5 Å².